The number of hydrogen-bond acceptors (Lipinski definition) is 13. The minimum Gasteiger partial charge on any atom is -0.461 e. The SMILES string of the molecule is CC(=O)N[C@H]1[C@H](O[C@H]2CC[C@]3(C)[C@H]4CC=C5[C@@H]6CC(C)(C)[C@@H]7C[C@]6(C(=O)O7)[C@H](O)C[C@@]5(C)[C@]4(C)CC[C@H]3C2(C)C)O[C@H](CO[C@@H]2O[C@H](C)[C@H](O)[C@H](O)[C@H]2O)[C@@H](O)[C@@H]1O. The Morgan fingerprint density at radius 3 is 2.24 bits per heavy atom. The molecule has 14 nitrogen and oxygen atoms in total. The molecule has 2 bridgehead atoms. The maximum atomic E-state index is 13.7. The first kappa shape index (κ1) is 42.9. The summed E-state index contributed by atoms with van der Waals surface area (Å²) in [6, 6.07) is -1.09. The Kier molecular flexibility index (Phi) is 10.5. The van der Waals surface area contributed by atoms with Crippen LogP contribution in [-0.2, 0) is 33.3 Å². The number of aliphatic hydroxyl groups excluding tert-OH is 6. The van der Waals surface area contributed by atoms with Crippen molar-refractivity contribution < 1.29 is 63.9 Å². The molecule has 0 unspecified atom stereocenters. The van der Waals surface area contributed by atoms with Gasteiger partial charge in [0.25, 0.3) is 0 Å². The van der Waals surface area contributed by atoms with Crippen molar-refractivity contribution in [2.75, 3.05) is 6.61 Å². The van der Waals surface area contributed by atoms with Gasteiger partial charge in [0.05, 0.1) is 24.9 Å². The van der Waals surface area contributed by atoms with Gasteiger partial charge in [-0.25, -0.2) is 0 Å². The van der Waals surface area contributed by atoms with Crippen molar-refractivity contribution in [1.82, 2.24) is 5.32 Å². The monoisotopic (exact) mass is 819 g/mol. The molecule has 3 aliphatic heterocycles. The van der Waals surface area contributed by atoms with Crippen LogP contribution < -0.4 is 5.32 Å². The molecule has 20 atom stereocenters. The van der Waals surface area contributed by atoms with Gasteiger partial charge >= 0.3 is 5.97 Å². The molecular formula is C44H69NO13. The second-order valence-corrected chi connectivity index (χ2v) is 21.6. The van der Waals surface area contributed by atoms with Crippen LogP contribution in [0.3, 0.4) is 0 Å². The zero-order valence-electron chi connectivity index (χ0n) is 35.7. The van der Waals surface area contributed by atoms with Gasteiger partial charge in [0, 0.05) is 18.8 Å². The largest absolute Gasteiger partial charge is 0.461 e. The van der Waals surface area contributed by atoms with Gasteiger partial charge in [-0.05, 0) is 91.3 Å². The number of amides is 1. The van der Waals surface area contributed by atoms with E-state index >= 15 is 0 Å². The van der Waals surface area contributed by atoms with Crippen molar-refractivity contribution in [3.8, 4) is 0 Å². The molecule has 1 spiro atoms. The highest BCUT2D eigenvalue weighted by Gasteiger charge is 2.74. The van der Waals surface area contributed by atoms with Crippen molar-refractivity contribution >= 4 is 11.9 Å². The van der Waals surface area contributed by atoms with Crippen molar-refractivity contribution in [1.29, 1.82) is 0 Å². The Labute approximate surface area is 342 Å². The van der Waals surface area contributed by atoms with E-state index in [2.05, 4.69) is 59.9 Å². The lowest BCUT2D eigenvalue weighted by molar-refractivity contribution is -0.328. The van der Waals surface area contributed by atoms with E-state index in [4.69, 9.17) is 23.7 Å². The Morgan fingerprint density at radius 1 is 0.845 bits per heavy atom. The lowest BCUT2D eigenvalue weighted by Gasteiger charge is -2.71. The number of rotatable bonds is 6. The van der Waals surface area contributed by atoms with Gasteiger partial charge in [0.2, 0.25) is 5.91 Å². The number of fused-ring (bicyclic) bond motifs is 7. The molecule has 0 aromatic heterocycles. The van der Waals surface area contributed by atoms with Crippen molar-refractivity contribution in [2.24, 2.45) is 50.2 Å². The maximum absolute atomic E-state index is 13.7. The van der Waals surface area contributed by atoms with Gasteiger partial charge in [-0.3, -0.25) is 9.59 Å². The zero-order valence-corrected chi connectivity index (χ0v) is 35.7. The van der Waals surface area contributed by atoms with E-state index in [9.17, 15) is 40.2 Å². The number of hydrogen-bond donors (Lipinski definition) is 7. The summed E-state index contributed by atoms with van der Waals surface area (Å²) in [5.74, 6) is -0.151. The van der Waals surface area contributed by atoms with Crippen LogP contribution in [0.2, 0.25) is 0 Å². The third-order valence-corrected chi connectivity index (χ3v) is 18.0. The fourth-order valence-electron chi connectivity index (χ4n) is 14.4. The molecule has 1 amide bonds. The zero-order chi connectivity index (χ0) is 42.3. The molecule has 0 radical (unpaired) electrons. The van der Waals surface area contributed by atoms with Crippen LogP contribution in [0.5, 0.6) is 0 Å². The van der Waals surface area contributed by atoms with Gasteiger partial charge in [0.15, 0.2) is 12.6 Å². The van der Waals surface area contributed by atoms with Crippen LogP contribution in [0.1, 0.15) is 114 Å². The molecule has 3 heterocycles. The lowest BCUT2D eigenvalue weighted by Crippen LogP contribution is -2.68. The Hall–Kier alpha value is -1.72. The molecule has 0 aromatic rings. The van der Waals surface area contributed by atoms with E-state index in [0.717, 1.165) is 32.1 Å². The number of ether oxygens (including phenoxy) is 5. The lowest BCUT2D eigenvalue weighted by atomic mass is 9.33. The standard InChI is InChI=1S/C44H69NO13/c1-20-31(48)34(51)35(52)37(55-20)54-19-24-32(49)33(50)30(45-21(2)46)36(56-24)57-28-13-14-41(7)25(40(28,5)6)12-15-42(8)26(41)11-10-22-23-16-39(3,4)29-18-44(23,38(53)58-29)27(47)17-43(22,42)9/h10,20,23-37,47-52H,11-19H2,1-9H3,(H,45,46)/t20-,23+,24-,25+,26-,27-,28+,29+,30-,31+,32-,33-,34+,35-,36+,37-,41+,42-,43-,44-/m1/s1. The van der Waals surface area contributed by atoms with E-state index in [1.807, 2.05) is 0 Å². The predicted molar refractivity (Wildman–Crippen MR) is 207 cm³/mol. The van der Waals surface area contributed by atoms with Crippen molar-refractivity contribution in [3.63, 3.8) is 0 Å². The second-order valence-electron chi connectivity index (χ2n) is 21.6. The first-order chi connectivity index (χ1) is 26.9. The van der Waals surface area contributed by atoms with Gasteiger partial charge in [-0.15, -0.1) is 0 Å². The maximum Gasteiger partial charge on any atom is 0.315 e. The smallest absolute Gasteiger partial charge is 0.315 e. The molecular weight excluding hydrogens is 750 g/mol. The summed E-state index contributed by atoms with van der Waals surface area (Å²) in [7, 11) is 0. The summed E-state index contributed by atoms with van der Waals surface area (Å²) >= 11 is 0. The predicted octanol–water partition coefficient (Wildman–Crippen LogP) is 2.47. The average Bonchev–Trinajstić information content (AvgIpc) is 3.46. The highest BCUT2D eigenvalue weighted by atomic mass is 16.7. The summed E-state index contributed by atoms with van der Waals surface area (Å²) in [6.07, 6.45) is -4.38. The van der Waals surface area contributed by atoms with Gasteiger partial charge in [-0.2, -0.15) is 0 Å². The third-order valence-electron chi connectivity index (χ3n) is 18.0. The highest BCUT2D eigenvalue weighted by molar-refractivity contribution is 5.82. The van der Waals surface area contributed by atoms with E-state index in [1.165, 1.54) is 19.4 Å². The first-order valence-electron chi connectivity index (χ1n) is 21.8. The van der Waals surface area contributed by atoms with E-state index in [1.54, 1.807) is 0 Å². The fourth-order valence-corrected chi connectivity index (χ4v) is 14.4. The number of allylic oxidation sites excluding steroid dienone is 2. The van der Waals surface area contributed by atoms with Crippen LogP contribution in [0.15, 0.2) is 11.6 Å². The molecule has 328 valence electrons. The van der Waals surface area contributed by atoms with Crippen LogP contribution >= 0.6 is 0 Å². The number of nitrogens with one attached hydrogen (secondary N) is 1. The molecule has 58 heavy (non-hydrogen) atoms. The molecule has 3 saturated heterocycles. The quantitative estimate of drug-likeness (QED) is 0.117. The number of esters is 1. The molecule has 7 fully saturated rings. The summed E-state index contributed by atoms with van der Waals surface area (Å²) in [5, 5.41) is 68.3. The van der Waals surface area contributed by atoms with E-state index < -0.39 is 78.8 Å². The second kappa shape index (κ2) is 14.2. The summed E-state index contributed by atoms with van der Waals surface area (Å²) in [5.41, 5.74) is -0.584. The minimum absolute atomic E-state index is 0.0511. The molecule has 4 saturated carbocycles. The topological polar surface area (TPSA) is 214 Å². The number of carbonyl (C=O) groups is 2. The third kappa shape index (κ3) is 6.00. The van der Waals surface area contributed by atoms with Crippen LogP contribution in [0, 0.1) is 50.2 Å². The normalized spacial score (nSPS) is 54.2. The Morgan fingerprint density at radius 2 is 1.55 bits per heavy atom. The number of carbonyl (C=O) groups excluding carboxylic acids is 2. The van der Waals surface area contributed by atoms with Crippen molar-refractivity contribution in [2.45, 2.75) is 193 Å². The summed E-state index contributed by atoms with van der Waals surface area (Å²) in [4.78, 5) is 26.1. The Balaban J connectivity index is 1.03. The highest BCUT2D eigenvalue weighted by Crippen LogP contribution is 2.76. The van der Waals surface area contributed by atoms with Gasteiger partial charge in [-0.1, -0.05) is 60.1 Å². The summed E-state index contributed by atoms with van der Waals surface area (Å²) in [6.45, 7) is 18.6. The molecule has 7 N–H and O–H groups in total. The fraction of sp³-hybridized carbons (Fsp3) is 0.909. The molecule has 8 rings (SSSR count). The summed E-state index contributed by atoms with van der Waals surface area (Å²) < 4.78 is 30.5. The van der Waals surface area contributed by atoms with E-state index in [0.29, 0.717) is 25.2 Å². The molecule has 8 aliphatic rings. The van der Waals surface area contributed by atoms with Crippen LogP contribution in [0.25, 0.3) is 0 Å². The van der Waals surface area contributed by atoms with Gasteiger partial charge < -0.3 is 59.6 Å². The minimum atomic E-state index is -1.56. The van der Waals surface area contributed by atoms with E-state index in [-0.39, 0.29) is 63.7 Å². The van der Waals surface area contributed by atoms with Crippen molar-refractivity contribution in [3.05, 3.63) is 11.6 Å². The molecule has 0 aromatic carbocycles. The van der Waals surface area contributed by atoms with Crippen LogP contribution in [0.4, 0.5) is 0 Å². The first-order valence-corrected chi connectivity index (χ1v) is 21.8. The molecule has 14 heteroatoms. The van der Waals surface area contributed by atoms with Crippen LogP contribution in [-0.4, -0.2) is 129 Å². The number of aliphatic hydroxyl groups is 6. The molecule has 5 aliphatic carbocycles. The van der Waals surface area contributed by atoms with Gasteiger partial charge in [0.1, 0.15) is 54.2 Å². The Bertz CT molecular complexity index is 1670. The average molecular weight is 820 g/mol.